The second-order valence-electron chi connectivity index (χ2n) is 6.18. The lowest BCUT2D eigenvalue weighted by Crippen LogP contribution is -2.43. The highest BCUT2D eigenvalue weighted by Gasteiger charge is 2.12. The summed E-state index contributed by atoms with van der Waals surface area (Å²) in [6.07, 6.45) is -0.283. The van der Waals surface area contributed by atoms with E-state index in [4.69, 9.17) is 16.3 Å². The Morgan fingerprint density at radius 2 is 1.67 bits per heavy atom. The van der Waals surface area contributed by atoms with Gasteiger partial charge in [0.15, 0.2) is 6.61 Å². The van der Waals surface area contributed by atoms with Crippen LogP contribution in [0.3, 0.4) is 0 Å². The number of hydrazine groups is 1. The quantitative estimate of drug-likeness (QED) is 0.403. The molecule has 0 aliphatic heterocycles. The Morgan fingerprint density at radius 1 is 0.967 bits per heavy atom. The summed E-state index contributed by atoms with van der Waals surface area (Å²) < 4.78 is 5.68. The fraction of sp³-hybridized carbons (Fsp3) is 0.200. The van der Waals surface area contributed by atoms with Gasteiger partial charge in [-0.3, -0.25) is 30.0 Å². The van der Waals surface area contributed by atoms with Gasteiger partial charge >= 0.3 is 5.97 Å². The average molecular weight is 497 g/mol. The van der Waals surface area contributed by atoms with Gasteiger partial charge in [0.05, 0.1) is 6.42 Å². The number of halogens is 2. The van der Waals surface area contributed by atoms with Crippen LogP contribution in [0, 0.1) is 6.92 Å². The van der Waals surface area contributed by atoms with Crippen molar-refractivity contribution < 1.29 is 23.9 Å². The zero-order valence-electron chi connectivity index (χ0n) is 16.0. The molecule has 0 atom stereocenters. The number of carbonyl (C=O) groups is 4. The Bertz CT molecular complexity index is 950. The molecule has 0 aliphatic rings. The Kier molecular flexibility index (Phi) is 8.82. The molecule has 158 valence electrons. The van der Waals surface area contributed by atoms with E-state index in [-0.39, 0.29) is 18.7 Å². The van der Waals surface area contributed by atoms with Gasteiger partial charge in [-0.1, -0.05) is 27.5 Å². The first-order valence-corrected chi connectivity index (χ1v) is 9.98. The molecule has 0 saturated heterocycles. The number of aryl methyl sites for hydroxylation is 1. The summed E-state index contributed by atoms with van der Waals surface area (Å²) >= 11 is 9.08. The van der Waals surface area contributed by atoms with Crippen molar-refractivity contribution in [3.8, 4) is 0 Å². The summed E-state index contributed by atoms with van der Waals surface area (Å²) in [5, 5.41) is 3.18. The zero-order chi connectivity index (χ0) is 22.1. The number of carbonyl (C=O) groups excluding carboxylic acids is 4. The van der Waals surface area contributed by atoms with Gasteiger partial charge in [0.1, 0.15) is 0 Å². The summed E-state index contributed by atoms with van der Waals surface area (Å²) in [6, 6.07) is 11.4. The summed E-state index contributed by atoms with van der Waals surface area (Å²) in [5.41, 5.74) is 6.13. The largest absolute Gasteiger partial charge is 0.455 e. The van der Waals surface area contributed by atoms with Crippen molar-refractivity contribution >= 4 is 56.9 Å². The SMILES string of the molecule is Cc1cc(Br)ccc1NC(=O)CCC(=O)OCC(=O)NNC(=O)c1ccc(Cl)cc1. The number of nitrogens with one attached hydrogen (secondary N) is 3. The summed E-state index contributed by atoms with van der Waals surface area (Å²) in [5.74, 6) is -2.33. The number of hydrogen-bond donors (Lipinski definition) is 3. The molecule has 3 N–H and O–H groups in total. The van der Waals surface area contributed by atoms with Gasteiger partial charge in [0, 0.05) is 27.2 Å². The molecule has 0 unspecified atom stereocenters. The monoisotopic (exact) mass is 495 g/mol. The van der Waals surface area contributed by atoms with Crippen LogP contribution in [0.4, 0.5) is 5.69 Å². The van der Waals surface area contributed by atoms with E-state index in [0.717, 1.165) is 10.0 Å². The molecule has 0 aliphatic carbocycles. The molecule has 2 aromatic rings. The molecular weight excluding hydrogens is 478 g/mol. The van der Waals surface area contributed by atoms with Gasteiger partial charge in [-0.05, 0) is 55.0 Å². The standard InChI is InChI=1S/C20H19BrClN3O5/c1-12-10-14(21)4-7-16(12)23-17(26)8-9-19(28)30-11-18(27)24-25-20(29)13-2-5-15(22)6-3-13/h2-7,10H,8-9,11H2,1H3,(H,23,26)(H,24,27)(H,25,29). The van der Waals surface area contributed by atoms with Crippen LogP contribution in [0.2, 0.25) is 5.02 Å². The van der Waals surface area contributed by atoms with Crippen molar-refractivity contribution in [2.75, 3.05) is 11.9 Å². The van der Waals surface area contributed by atoms with Crippen LogP contribution in [-0.4, -0.2) is 30.3 Å². The maximum atomic E-state index is 12.0. The van der Waals surface area contributed by atoms with Gasteiger partial charge in [0.2, 0.25) is 5.91 Å². The van der Waals surface area contributed by atoms with Gasteiger partial charge in [-0.2, -0.15) is 0 Å². The molecule has 0 bridgehead atoms. The number of anilines is 1. The number of amides is 3. The molecule has 8 nitrogen and oxygen atoms in total. The minimum atomic E-state index is -0.722. The second kappa shape index (κ2) is 11.3. The van der Waals surface area contributed by atoms with Crippen molar-refractivity contribution in [2.24, 2.45) is 0 Å². The fourth-order valence-corrected chi connectivity index (χ4v) is 2.85. The minimum Gasteiger partial charge on any atom is -0.455 e. The number of esters is 1. The van der Waals surface area contributed by atoms with E-state index in [9.17, 15) is 19.2 Å². The van der Waals surface area contributed by atoms with Crippen LogP contribution < -0.4 is 16.2 Å². The van der Waals surface area contributed by atoms with E-state index >= 15 is 0 Å². The first kappa shape index (κ1) is 23.4. The molecular formula is C20H19BrClN3O5. The highest BCUT2D eigenvalue weighted by Crippen LogP contribution is 2.20. The molecule has 0 heterocycles. The van der Waals surface area contributed by atoms with Crippen LogP contribution in [0.15, 0.2) is 46.9 Å². The molecule has 10 heteroatoms. The smallest absolute Gasteiger partial charge is 0.306 e. The molecule has 0 spiro atoms. The van der Waals surface area contributed by atoms with Crippen molar-refractivity contribution in [1.29, 1.82) is 0 Å². The van der Waals surface area contributed by atoms with Crippen LogP contribution in [0.1, 0.15) is 28.8 Å². The van der Waals surface area contributed by atoms with Gasteiger partial charge < -0.3 is 10.1 Å². The lowest BCUT2D eigenvalue weighted by molar-refractivity contribution is -0.149. The predicted octanol–water partition coefficient (Wildman–Crippen LogP) is 3.13. The Hall–Kier alpha value is -2.91. The van der Waals surface area contributed by atoms with Gasteiger partial charge in [-0.15, -0.1) is 0 Å². The molecule has 0 saturated carbocycles. The van der Waals surface area contributed by atoms with Crippen molar-refractivity contribution in [1.82, 2.24) is 10.9 Å². The summed E-state index contributed by atoms with van der Waals surface area (Å²) in [6.45, 7) is 1.26. The zero-order valence-corrected chi connectivity index (χ0v) is 18.3. The molecule has 2 rings (SSSR count). The van der Waals surface area contributed by atoms with E-state index in [1.54, 1.807) is 12.1 Å². The Labute approximate surface area is 186 Å². The van der Waals surface area contributed by atoms with Crippen molar-refractivity contribution in [2.45, 2.75) is 19.8 Å². The minimum absolute atomic E-state index is 0.0940. The highest BCUT2D eigenvalue weighted by atomic mass is 79.9. The van der Waals surface area contributed by atoms with E-state index in [1.807, 2.05) is 13.0 Å². The third-order valence-electron chi connectivity index (χ3n) is 3.80. The number of benzene rings is 2. The van der Waals surface area contributed by atoms with Gasteiger partial charge in [0.25, 0.3) is 11.8 Å². The first-order chi connectivity index (χ1) is 14.2. The molecule has 2 aromatic carbocycles. The predicted molar refractivity (Wildman–Crippen MR) is 115 cm³/mol. The highest BCUT2D eigenvalue weighted by molar-refractivity contribution is 9.10. The normalized spacial score (nSPS) is 10.1. The summed E-state index contributed by atoms with van der Waals surface area (Å²) in [7, 11) is 0. The third-order valence-corrected chi connectivity index (χ3v) is 4.55. The first-order valence-electron chi connectivity index (χ1n) is 8.81. The third kappa shape index (κ3) is 7.84. The average Bonchev–Trinajstić information content (AvgIpc) is 2.71. The lowest BCUT2D eigenvalue weighted by atomic mass is 10.2. The Morgan fingerprint density at radius 3 is 2.33 bits per heavy atom. The number of hydrogen-bond acceptors (Lipinski definition) is 5. The number of rotatable bonds is 7. The Balaban J connectivity index is 1.66. The van der Waals surface area contributed by atoms with E-state index in [1.165, 1.54) is 24.3 Å². The molecule has 0 radical (unpaired) electrons. The lowest BCUT2D eigenvalue weighted by Gasteiger charge is -2.09. The fourth-order valence-electron chi connectivity index (χ4n) is 2.25. The van der Waals surface area contributed by atoms with E-state index in [0.29, 0.717) is 16.3 Å². The molecule has 0 fully saturated rings. The van der Waals surface area contributed by atoms with E-state index < -0.39 is 24.4 Å². The topological polar surface area (TPSA) is 114 Å². The molecule has 3 amide bonds. The van der Waals surface area contributed by atoms with Gasteiger partial charge in [-0.25, -0.2) is 0 Å². The summed E-state index contributed by atoms with van der Waals surface area (Å²) in [4.78, 5) is 47.2. The van der Waals surface area contributed by atoms with Crippen molar-refractivity contribution in [3.05, 3.63) is 63.1 Å². The van der Waals surface area contributed by atoms with Crippen molar-refractivity contribution in [3.63, 3.8) is 0 Å². The van der Waals surface area contributed by atoms with Crippen LogP contribution in [0.5, 0.6) is 0 Å². The van der Waals surface area contributed by atoms with Crippen LogP contribution in [-0.2, 0) is 19.1 Å². The maximum absolute atomic E-state index is 12.0. The molecule has 0 aromatic heterocycles. The van der Waals surface area contributed by atoms with Crippen LogP contribution >= 0.6 is 27.5 Å². The maximum Gasteiger partial charge on any atom is 0.306 e. The van der Waals surface area contributed by atoms with Crippen LogP contribution in [0.25, 0.3) is 0 Å². The second-order valence-corrected chi connectivity index (χ2v) is 7.53. The van der Waals surface area contributed by atoms with E-state index in [2.05, 4.69) is 32.1 Å². The molecule has 30 heavy (non-hydrogen) atoms. The number of ether oxygens (including phenoxy) is 1.